The first kappa shape index (κ1) is 21.9. The van der Waals surface area contributed by atoms with Gasteiger partial charge in [0.2, 0.25) is 5.78 Å². The second kappa shape index (κ2) is 8.44. The molecule has 8 heteroatoms. The van der Waals surface area contributed by atoms with Crippen LogP contribution in [0.25, 0.3) is 11.0 Å². The van der Waals surface area contributed by atoms with Gasteiger partial charge in [-0.2, -0.15) is 0 Å². The summed E-state index contributed by atoms with van der Waals surface area (Å²) in [5, 5.41) is 22.0. The van der Waals surface area contributed by atoms with Crippen LogP contribution in [0.2, 0.25) is 0 Å². The van der Waals surface area contributed by atoms with Crippen molar-refractivity contribution in [1.29, 1.82) is 0 Å². The first-order chi connectivity index (χ1) is 16.4. The highest BCUT2D eigenvalue weighted by atomic mass is 16.5. The second-order valence-corrected chi connectivity index (χ2v) is 8.57. The molecule has 2 N–H and O–H groups in total. The molecule has 1 aromatic heterocycles. The molecule has 0 saturated heterocycles. The fourth-order valence-corrected chi connectivity index (χ4v) is 5.06. The number of methoxy groups -OCH3 is 2. The molecule has 1 fully saturated rings. The van der Waals surface area contributed by atoms with Crippen molar-refractivity contribution in [3.8, 4) is 17.2 Å². The number of rotatable bonds is 6. The number of hydrogen-bond acceptors (Lipinski definition) is 7. The molecule has 1 amide bonds. The Morgan fingerprint density at radius 1 is 1.03 bits per heavy atom. The standard InChI is InChI=1S/C26H25NO7/c1-32-18-11-10-14(12-17(18)28)22-21(24(30)26(31)27(22)16-7-3-4-8-16)23(29)20-13-15-6-5-9-19(33-2)25(15)34-20/h5-6,9-13,16,22,28,30H,3-4,7-8H2,1-2H3. The van der Waals surface area contributed by atoms with Crippen molar-refractivity contribution < 1.29 is 33.7 Å². The zero-order valence-electron chi connectivity index (χ0n) is 18.9. The minimum Gasteiger partial charge on any atom is -0.504 e. The highest BCUT2D eigenvalue weighted by molar-refractivity contribution is 6.16. The lowest BCUT2D eigenvalue weighted by Crippen LogP contribution is -2.38. The van der Waals surface area contributed by atoms with E-state index in [-0.39, 0.29) is 28.9 Å². The zero-order valence-corrected chi connectivity index (χ0v) is 18.9. The summed E-state index contributed by atoms with van der Waals surface area (Å²) in [5.41, 5.74) is 0.836. The quantitative estimate of drug-likeness (QED) is 0.511. The minimum atomic E-state index is -0.866. The molecule has 8 nitrogen and oxygen atoms in total. The van der Waals surface area contributed by atoms with Gasteiger partial charge in [0.15, 0.2) is 34.4 Å². The van der Waals surface area contributed by atoms with Gasteiger partial charge in [0.25, 0.3) is 5.91 Å². The van der Waals surface area contributed by atoms with Gasteiger partial charge in [-0.15, -0.1) is 0 Å². The normalized spacial score (nSPS) is 18.8. The van der Waals surface area contributed by atoms with Gasteiger partial charge in [-0.1, -0.05) is 31.0 Å². The van der Waals surface area contributed by atoms with Crippen molar-refractivity contribution in [2.75, 3.05) is 14.2 Å². The number of aromatic hydroxyl groups is 1. The van der Waals surface area contributed by atoms with Crippen LogP contribution < -0.4 is 9.47 Å². The number of nitrogens with zero attached hydrogens (tertiary/aromatic N) is 1. The third-order valence-electron chi connectivity index (χ3n) is 6.68. The Bertz CT molecular complexity index is 1320. The molecule has 1 aliphatic heterocycles. The highest BCUT2D eigenvalue weighted by Crippen LogP contribution is 2.45. The Hall–Kier alpha value is -3.94. The molecule has 1 unspecified atom stereocenters. The number of ether oxygens (including phenoxy) is 2. The van der Waals surface area contributed by atoms with Crippen molar-refractivity contribution in [2.45, 2.75) is 37.8 Å². The average molecular weight is 463 g/mol. The van der Waals surface area contributed by atoms with E-state index in [1.54, 1.807) is 41.3 Å². The van der Waals surface area contributed by atoms with Crippen LogP contribution in [0.3, 0.4) is 0 Å². The van der Waals surface area contributed by atoms with Gasteiger partial charge >= 0.3 is 0 Å². The number of phenols is 1. The van der Waals surface area contributed by atoms with E-state index >= 15 is 0 Å². The van der Waals surface area contributed by atoms with Gasteiger partial charge in [-0.05, 0) is 42.7 Å². The van der Waals surface area contributed by atoms with Crippen molar-refractivity contribution in [3.63, 3.8) is 0 Å². The van der Waals surface area contributed by atoms with E-state index in [4.69, 9.17) is 13.9 Å². The number of carbonyl (C=O) groups is 2. The number of para-hydroxylation sites is 1. The molecular formula is C26H25NO7. The minimum absolute atomic E-state index is 0.00939. The number of fused-ring (bicyclic) bond motifs is 1. The molecule has 5 rings (SSSR count). The lowest BCUT2D eigenvalue weighted by atomic mass is 9.93. The second-order valence-electron chi connectivity index (χ2n) is 8.57. The lowest BCUT2D eigenvalue weighted by molar-refractivity contribution is -0.131. The predicted octanol–water partition coefficient (Wildman–Crippen LogP) is 4.68. The van der Waals surface area contributed by atoms with Crippen LogP contribution in [-0.4, -0.2) is 47.1 Å². The molecule has 2 heterocycles. The summed E-state index contributed by atoms with van der Waals surface area (Å²) in [4.78, 5) is 28.5. The van der Waals surface area contributed by atoms with Gasteiger partial charge in [0, 0.05) is 11.4 Å². The first-order valence-corrected chi connectivity index (χ1v) is 11.2. The molecule has 1 atom stereocenters. The van der Waals surface area contributed by atoms with Crippen LogP contribution in [0.15, 0.2) is 58.2 Å². The van der Waals surface area contributed by atoms with Gasteiger partial charge in [0.05, 0.1) is 25.8 Å². The van der Waals surface area contributed by atoms with Crippen molar-refractivity contribution in [1.82, 2.24) is 4.90 Å². The summed E-state index contributed by atoms with van der Waals surface area (Å²) in [6.45, 7) is 0. The van der Waals surface area contributed by atoms with Gasteiger partial charge in [0.1, 0.15) is 0 Å². The van der Waals surface area contributed by atoms with E-state index in [2.05, 4.69) is 0 Å². The summed E-state index contributed by atoms with van der Waals surface area (Å²) in [7, 11) is 2.95. The van der Waals surface area contributed by atoms with Crippen LogP contribution in [0.5, 0.6) is 17.2 Å². The van der Waals surface area contributed by atoms with E-state index in [0.29, 0.717) is 22.3 Å². The fraction of sp³-hybridized carbons (Fsp3) is 0.308. The molecule has 3 aromatic rings. The molecular weight excluding hydrogens is 438 g/mol. The third-order valence-corrected chi connectivity index (χ3v) is 6.68. The molecule has 0 bridgehead atoms. The largest absolute Gasteiger partial charge is 0.504 e. The topological polar surface area (TPSA) is 109 Å². The number of benzene rings is 2. The summed E-state index contributed by atoms with van der Waals surface area (Å²) >= 11 is 0. The van der Waals surface area contributed by atoms with Crippen molar-refractivity contribution in [2.24, 2.45) is 0 Å². The Morgan fingerprint density at radius 3 is 2.44 bits per heavy atom. The number of hydrogen-bond donors (Lipinski definition) is 2. The summed E-state index contributed by atoms with van der Waals surface area (Å²) in [6.07, 6.45) is 3.48. The summed E-state index contributed by atoms with van der Waals surface area (Å²) in [6, 6.07) is 10.6. The van der Waals surface area contributed by atoms with Gasteiger partial charge in [-0.3, -0.25) is 9.59 Å². The summed E-state index contributed by atoms with van der Waals surface area (Å²) in [5.74, 6) is -1.17. The first-order valence-electron chi connectivity index (χ1n) is 11.2. The van der Waals surface area contributed by atoms with Crippen LogP contribution in [0.4, 0.5) is 0 Å². The van der Waals surface area contributed by atoms with E-state index in [0.717, 1.165) is 25.7 Å². The number of phenolic OH excluding ortho intramolecular Hbond substituents is 1. The number of aliphatic hydroxyl groups is 1. The Morgan fingerprint density at radius 2 is 1.76 bits per heavy atom. The molecule has 176 valence electrons. The molecule has 0 spiro atoms. The number of Topliss-reactive ketones (excluding diaryl/α,β-unsaturated/α-hetero) is 1. The Kier molecular flexibility index (Phi) is 5.43. The van der Waals surface area contributed by atoms with E-state index in [1.807, 2.05) is 0 Å². The van der Waals surface area contributed by atoms with Crippen molar-refractivity contribution in [3.05, 3.63) is 65.1 Å². The molecule has 1 saturated carbocycles. The number of furan rings is 1. The Balaban J connectivity index is 1.63. The Labute approximate surface area is 196 Å². The molecule has 34 heavy (non-hydrogen) atoms. The summed E-state index contributed by atoms with van der Waals surface area (Å²) < 4.78 is 16.3. The highest BCUT2D eigenvalue weighted by Gasteiger charge is 2.47. The third kappa shape index (κ3) is 3.37. The van der Waals surface area contributed by atoms with E-state index in [1.165, 1.54) is 20.3 Å². The predicted molar refractivity (Wildman–Crippen MR) is 123 cm³/mol. The van der Waals surface area contributed by atoms with Gasteiger partial charge < -0.3 is 29.0 Å². The van der Waals surface area contributed by atoms with E-state index in [9.17, 15) is 19.8 Å². The average Bonchev–Trinajstić information content (AvgIpc) is 3.57. The maximum Gasteiger partial charge on any atom is 0.290 e. The number of aliphatic hydroxyl groups excluding tert-OH is 1. The van der Waals surface area contributed by atoms with Crippen LogP contribution >= 0.6 is 0 Å². The van der Waals surface area contributed by atoms with Crippen molar-refractivity contribution >= 4 is 22.7 Å². The number of ketones is 1. The maximum atomic E-state index is 13.7. The van der Waals surface area contributed by atoms with Crippen LogP contribution in [0, 0.1) is 0 Å². The maximum absolute atomic E-state index is 13.7. The SMILES string of the molecule is COc1ccc(C2C(C(=O)c3cc4cccc(OC)c4o3)=C(O)C(=O)N2C2CCCC2)cc1O. The van der Waals surface area contributed by atoms with E-state index < -0.39 is 23.5 Å². The lowest BCUT2D eigenvalue weighted by Gasteiger charge is -2.32. The number of carbonyl (C=O) groups excluding carboxylic acids is 2. The van der Waals surface area contributed by atoms with Crippen LogP contribution in [0.1, 0.15) is 47.8 Å². The molecule has 2 aliphatic rings. The molecule has 1 aliphatic carbocycles. The van der Waals surface area contributed by atoms with Gasteiger partial charge in [-0.25, -0.2) is 0 Å². The van der Waals surface area contributed by atoms with Crippen LogP contribution in [-0.2, 0) is 4.79 Å². The molecule has 2 aromatic carbocycles. The fourth-order valence-electron chi connectivity index (χ4n) is 5.06. The molecule has 0 radical (unpaired) electrons. The number of amides is 1. The monoisotopic (exact) mass is 463 g/mol. The smallest absolute Gasteiger partial charge is 0.290 e. The zero-order chi connectivity index (χ0) is 24.0.